The first-order chi connectivity index (χ1) is 39.2. The Morgan fingerprint density at radius 2 is 0.825 bits per heavy atom. The van der Waals surface area contributed by atoms with Crippen LogP contribution in [0.2, 0.25) is 0 Å². The number of esters is 1. The van der Waals surface area contributed by atoms with E-state index >= 15 is 0 Å². The Bertz CT molecular complexity index is 1440. The number of amides is 1. The van der Waals surface area contributed by atoms with Crippen molar-refractivity contribution in [2.24, 2.45) is 0 Å². The van der Waals surface area contributed by atoms with Crippen molar-refractivity contribution in [3.8, 4) is 0 Å². The zero-order chi connectivity index (χ0) is 58.2. The average Bonchev–Trinajstić information content (AvgIpc) is 3.45. The van der Waals surface area contributed by atoms with E-state index in [1.165, 1.54) is 225 Å². The molecule has 0 radical (unpaired) electrons. The molecule has 8 atom stereocenters. The number of nitrogens with one attached hydrogen (secondary N) is 1. The molecule has 11 heteroatoms. The lowest BCUT2D eigenvalue weighted by molar-refractivity contribution is -0.305. The molecule has 0 spiro atoms. The smallest absolute Gasteiger partial charge is 0.306 e. The molecule has 1 amide bonds. The maximum Gasteiger partial charge on any atom is 0.306 e. The summed E-state index contributed by atoms with van der Waals surface area (Å²) in [6.45, 7) is 5.81. The largest absolute Gasteiger partial charge is 0.454 e. The van der Waals surface area contributed by atoms with Crippen molar-refractivity contribution in [1.82, 2.24) is 5.32 Å². The van der Waals surface area contributed by atoms with Crippen LogP contribution < -0.4 is 5.32 Å². The van der Waals surface area contributed by atoms with E-state index < -0.39 is 67.4 Å². The third kappa shape index (κ3) is 44.4. The van der Waals surface area contributed by atoms with Crippen molar-refractivity contribution in [2.75, 3.05) is 13.2 Å². The van der Waals surface area contributed by atoms with E-state index in [-0.39, 0.29) is 19.4 Å². The first-order valence-corrected chi connectivity index (χ1v) is 34.3. The van der Waals surface area contributed by atoms with Gasteiger partial charge in [-0.25, -0.2) is 0 Å². The first kappa shape index (κ1) is 75.9. The lowest BCUT2D eigenvalue weighted by Crippen LogP contribution is -2.61. The second-order valence-corrected chi connectivity index (χ2v) is 23.9. The quantitative estimate of drug-likeness (QED) is 0.0195. The molecule has 1 saturated heterocycles. The fraction of sp³-hybridized carbons (Fsp3) is 0.884. The average molecular weight is 1130 g/mol. The predicted molar refractivity (Wildman–Crippen MR) is 334 cm³/mol. The zero-order valence-corrected chi connectivity index (χ0v) is 52.2. The molecule has 8 unspecified atom stereocenters. The Hall–Kier alpha value is -2.12. The summed E-state index contributed by atoms with van der Waals surface area (Å²) in [7, 11) is 0. The van der Waals surface area contributed by atoms with E-state index in [2.05, 4.69) is 50.4 Å². The molecule has 6 N–H and O–H groups in total. The number of hydrogen-bond acceptors (Lipinski definition) is 10. The number of carbonyl (C=O) groups excluding carboxylic acids is 2. The molecule has 1 aliphatic rings. The summed E-state index contributed by atoms with van der Waals surface area (Å²) >= 11 is 0. The summed E-state index contributed by atoms with van der Waals surface area (Å²) < 4.78 is 17.7. The normalized spacial score (nSPS) is 18.9. The van der Waals surface area contributed by atoms with Crippen molar-refractivity contribution in [3.63, 3.8) is 0 Å². The topological polar surface area (TPSA) is 175 Å². The van der Waals surface area contributed by atoms with Crippen LogP contribution >= 0.6 is 0 Å². The van der Waals surface area contributed by atoms with E-state index in [1.54, 1.807) is 6.08 Å². The summed E-state index contributed by atoms with van der Waals surface area (Å²) in [6, 6.07) is -1.03. The molecular formula is C69H129NO10. The number of hydrogen-bond donors (Lipinski definition) is 6. The number of unbranched alkanes of at least 4 members (excludes halogenated alkanes) is 41. The third-order valence-electron chi connectivity index (χ3n) is 16.3. The van der Waals surface area contributed by atoms with Crippen molar-refractivity contribution in [3.05, 3.63) is 36.5 Å². The Labute approximate surface area is 492 Å². The second-order valence-electron chi connectivity index (χ2n) is 23.9. The number of aliphatic hydroxyl groups is 5. The molecule has 0 aromatic carbocycles. The summed E-state index contributed by atoms with van der Waals surface area (Å²) in [6.07, 6.45) is 59.1. The maximum absolute atomic E-state index is 13.4. The molecule has 0 saturated carbocycles. The fourth-order valence-corrected chi connectivity index (χ4v) is 10.8. The van der Waals surface area contributed by atoms with Gasteiger partial charge >= 0.3 is 5.97 Å². The minimum absolute atomic E-state index is 0.126. The summed E-state index contributed by atoms with van der Waals surface area (Å²) in [5.41, 5.74) is 0. The molecule has 1 heterocycles. The van der Waals surface area contributed by atoms with Gasteiger partial charge in [-0.2, -0.15) is 0 Å². The molecule has 0 aromatic heterocycles. The highest BCUT2D eigenvalue weighted by atomic mass is 16.7. The zero-order valence-electron chi connectivity index (χ0n) is 52.2. The lowest BCUT2D eigenvalue weighted by atomic mass is 9.99. The molecule has 470 valence electrons. The number of rotatable bonds is 59. The van der Waals surface area contributed by atoms with Crippen molar-refractivity contribution >= 4 is 11.9 Å². The van der Waals surface area contributed by atoms with Gasteiger partial charge in [0.1, 0.15) is 24.4 Å². The van der Waals surface area contributed by atoms with Gasteiger partial charge in [0.05, 0.1) is 25.4 Å². The van der Waals surface area contributed by atoms with Gasteiger partial charge < -0.3 is 45.1 Å². The minimum atomic E-state index is -1.61. The molecule has 0 bridgehead atoms. The van der Waals surface area contributed by atoms with E-state index in [0.717, 1.165) is 57.8 Å². The Morgan fingerprint density at radius 3 is 1.21 bits per heavy atom. The van der Waals surface area contributed by atoms with Crippen LogP contribution in [-0.4, -0.2) is 99.6 Å². The molecular weight excluding hydrogens is 1000 g/mol. The van der Waals surface area contributed by atoms with Crippen LogP contribution in [0.3, 0.4) is 0 Å². The summed E-state index contributed by atoms with van der Waals surface area (Å²) in [5.74, 6) is -1.20. The highest BCUT2D eigenvalue weighted by Gasteiger charge is 2.47. The van der Waals surface area contributed by atoms with Crippen LogP contribution in [0.4, 0.5) is 0 Å². The van der Waals surface area contributed by atoms with Crippen LogP contribution in [0.25, 0.3) is 0 Å². The van der Waals surface area contributed by atoms with Gasteiger partial charge in [-0.3, -0.25) is 9.59 Å². The standard InChI is InChI=1S/C69H129NO10/c1-4-7-10-13-16-19-22-25-26-27-28-29-30-31-32-33-34-35-36-39-42-45-48-51-54-57-64(74)80-67-66(76)65(75)63(58-71)79-69(67)78-59-60(61(72)55-52-49-46-43-40-37-23-20-17-14-11-8-5-2)70-68(77)62(73)56-53-50-47-44-41-38-24-21-18-15-12-9-6-3/h25-26,41,44,52,55,60-63,65-67,69,71-73,75-76H,4-24,27-40,42-43,45-51,53-54,56-59H2,1-3H3,(H,70,77)/b26-25+,44-41-,55-52+. The Kier molecular flexibility index (Phi) is 54.4. The summed E-state index contributed by atoms with van der Waals surface area (Å²) in [5, 5.41) is 57.1. The van der Waals surface area contributed by atoms with E-state index in [0.29, 0.717) is 12.8 Å². The van der Waals surface area contributed by atoms with Gasteiger partial charge in [-0.1, -0.05) is 282 Å². The first-order valence-electron chi connectivity index (χ1n) is 34.3. The van der Waals surface area contributed by atoms with Crippen LogP contribution in [0.1, 0.15) is 329 Å². The molecule has 80 heavy (non-hydrogen) atoms. The molecule has 0 aromatic rings. The van der Waals surface area contributed by atoms with Crippen LogP contribution in [0.5, 0.6) is 0 Å². The van der Waals surface area contributed by atoms with Gasteiger partial charge in [0.15, 0.2) is 12.4 Å². The second kappa shape index (κ2) is 57.3. The van der Waals surface area contributed by atoms with Crippen LogP contribution in [0.15, 0.2) is 36.5 Å². The Balaban J connectivity index is 2.57. The van der Waals surface area contributed by atoms with Gasteiger partial charge in [-0.15, -0.1) is 0 Å². The lowest BCUT2D eigenvalue weighted by Gasteiger charge is -2.41. The number of carbonyl (C=O) groups is 2. The highest BCUT2D eigenvalue weighted by Crippen LogP contribution is 2.26. The molecule has 11 nitrogen and oxygen atoms in total. The van der Waals surface area contributed by atoms with Crippen LogP contribution in [0, 0.1) is 0 Å². The molecule has 0 aliphatic carbocycles. The van der Waals surface area contributed by atoms with Crippen LogP contribution in [-0.2, 0) is 23.8 Å². The molecule has 1 rings (SSSR count). The maximum atomic E-state index is 13.4. The fourth-order valence-electron chi connectivity index (χ4n) is 10.8. The van der Waals surface area contributed by atoms with E-state index in [1.807, 2.05) is 6.08 Å². The number of ether oxygens (including phenoxy) is 3. The SMILES string of the molecule is CCCCCCCC/C=C/CCCCCCCCCCCCCCCCCC(=O)OC1C(OCC(NC(=O)C(O)CCCC/C=C\CCCCCCCCC)C(O)/C=C/CCCCCCCCCCCCC)OC(CO)C(O)C1O. The van der Waals surface area contributed by atoms with Gasteiger partial charge in [0, 0.05) is 6.42 Å². The van der Waals surface area contributed by atoms with Crippen molar-refractivity contribution < 1.29 is 49.3 Å². The molecule has 1 fully saturated rings. The van der Waals surface area contributed by atoms with Gasteiger partial charge in [0.25, 0.3) is 0 Å². The van der Waals surface area contributed by atoms with Crippen molar-refractivity contribution in [2.45, 2.75) is 378 Å². The number of allylic oxidation sites excluding steroid dienone is 5. The summed E-state index contributed by atoms with van der Waals surface area (Å²) in [4.78, 5) is 26.6. The minimum Gasteiger partial charge on any atom is -0.454 e. The number of aliphatic hydroxyl groups excluding tert-OH is 5. The van der Waals surface area contributed by atoms with E-state index in [4.69, 9.17) is 14.2 Å². The van der Waals surface area contributed by atoms with Crippen molar-refractivity contribution in [1.29, 1.82) is 0 Å². The third-order valence-corrected chi connectivity index (χ3v) is 16.3. The van der Waals surface area contributed by atoms with E-state index in [9.17, 15) is 35.1 Å². The molecule has 1 aliphatic heterocycles. The Morgan fingerprint density at radius 1 is 0.475 bits per heavy atom. The predicted octanol–water partition coefficient (Wildman–Crippen LogP) is 17.0. The monoisotopic (exact) mass is 1130 g/mol. The van der Waals surface area contributed by atoms with Gasteiger partial charge in [-0.05, 0) is 77.0 Å². The van der Waals surface area contributed by atoms with Gasteiger partial charge in [0.2, 0.25) is 5.91 Å². The highest BCUT2D eigenvalue weighted by molar-refractivity contribution is 5.80.